The van der Waals surface area contributed by atoms with Crippen molar-refractivity contribution in [3.8, 4) is 6.07 Å². The molecule has 15 heavy (non-hydrogen) atoms. The predicted octanol–water partition coefficient (Wildman–Crippen LogP) is 2.12. The zero-order valence-electron chi connectivity index (χ0n) is 8.60. The van der Waals surface area contributed by atoms with E-state index in [1.807, 2.05) is 24.3 Å². The van der Waals surface area contributed by atoms with Crippen LogP contribution < -0.4 is 4.90 Å². The lowest BCUT2D eigenvalue weighted by atomic mass is 10.2. The number of nitrogens with zero attached hydrogens (tertiary/aromatic N) is 2. The fourth-order valence-electron chi connectivity index (χ4n) is 1.19. The van der Waals surface area contributed by atoms with Crippen LogP contribution in [-0.4, -0.2) is 12.5 Å². The van der Waals surface area contributed by atoms with Gasteiger partial charge in [-0.25, -0.2) is 0 Å². The molecule has 0 atom stereocenters. The highest BCUT2D eigenvalue weighted by molar-refractivity contribution is 6.04. The first-order chi connectivity index (χ1) is 7.16. The average molecular weight is 200 g/mol. The Morgan fingerprint density at radius 3 is 2.53 bits per heavy atom. The topological polar surface area (TPSA) is 44.1 Å². The van der Waals surface area contributed by atoms with Gasteiger partial charge < -0.3 is 0 Å². The van der Waals surface area contributed by atoms with E-state index in [0.29, 0.717) is 11.3 Å². The first-order valence-corrected chi connectivity index (χ1v) is 4.56. The van der Waals surface area contributed by atoms with E-state index in [4.69, 9.17) is 5.26 Å². The lowest BCUT2D eigenvalue weighted by molar-refractivity contribution is -0.114. The lowest BCUT2D eigenvalue weighted by Gasteiger charge is -2.19. The van der Waals surface area contributed by atoms with E-state index in [1.165, 1.54) is 4.90 Å². The maximum Gasteiger partial charge on any atom is 0.254 e. The van der Waals surface area contributed by atoms with E-state index < -0.39 is 0 Å². The van der Waals surface area contributed by atoms with Crippen LogP contribution in [0.25, 0.3) is 0 Å². The number of nitriles is 1. The lowest BCUT2D eigenvalue weighted by Crippen LogP contribution is -2.31. The molecule has 0 saturated carbocycles. The maximum atomic E-state index is 11.7. The number of hydrogen-bond donors (Lipinski definition) is 0. The minimum atomic E-state index is -0.220. The van der Waals surface area contributed by atoms with E-state index in [1.54, 1.807) is 19.1 Å². The predicted molar refractivity (Wildman–Crippen MR) is 59.2 cm³/mol. The number of anilines is 1. The molecule has 3 heteroatoms. The quantitative estimate of drug-likeness (QED) is 0.554. The molecule has 0 N–H and O–H groups in total. The molecule has 0 saturated heterocycles. The van der Waals surface area contributed by atoms with Crippen molar-refractivity contribution in [1.82, 2.24) is 0 Å². The second kappa shape index (κ2) is 4.97. The van der Waals surface area contributed by atoms with Gasteiger partial charge in [0.25, 0.3) is 5.91 Å². The summed E-state index contributed by atoms with van der Waals surface area (Å²) in [4.78, 5) is 13.1. The number of benzene rings is 1. The first-order valence-electron chi connectivity index (χ1n) is 4.56. The molecule has 1 aromatic rings. The molecule has 0 aliphatic rings. The van der Waals surface area contributed by atoms with Gasteiger partial charge >= 0.3 is 0 Å². The SMILES string of the molecule is C=C(C)C(=O)N(CC#N)c1ccccc1. The van der Waals surface area contributed by atoms with Gasteiger partial charge in [0.05, 0.1) is 6.07 Å². The van der Waals surface area contributed by atoms with E-state index >= 15 is 0 Å². The molecule has 1 aromatic carbocycles. The van der Waals surface area contributed by atoms with E-state index in [9.17, 15) is 4.79 Å². The molecular formula is C12H12N2O. The molecule has 0 bridgehead atoms. The van der Waals surface area contributed by atoms with Crippen LogP contribution in [0.2, 0.25) is 0 Å². The smallest absolute Gasteiger partial charge is 0.254 e. The Bertz CT molecular complexity index is 403. The molecule has 0 aromatic heterocycles. The highest BCUT2D eigenvalue weighted by Gasteiger charge is 2.14. The van der Waals surface area contributed by atoms with Gasteiger partial charge in [0.15, 0.2) is 0 Å². The summed E-state index contributed by atoms with van der Waals surface area (Å²) in [7, 11) is 0. The van der Waals surface area contributed by atoms with Crippen molar-refractivity contribution in [2.24, 2.45) is 0 Å². The molecule has 1 rings (SSSR count). The van der Waals surface area contributed by atoms with E-state index in [-0.39, 0.29) is 12.5 Å². The monoisotopic (exact) mass is 200 g/mol. The van der Waals surface area contributed by atoms with Crippen molar-refractivity contribution in [2.75, 3.05) is 11.4 Å². The number of hydrogen-bond acceptors (Lipinski definition) is 2. The minimum absolute atomic E-state index is 0.0374. The summed E-state index contributed by atoms with van der Waals surface area (Å²) in [6.07, 6.45) is 0. The molecular weight excluding hydrogens is 188 g/mol. The zero-order valence-corrected chi connectivity index (χ0v) is 8.60. The largest absolute Gasteiger partial charge is 0.295 e. The number of para-hydroxylation sites is 1. The highest BCUT2D eigenvalue weighted by Crippen LogP contribution is 2.14. The summed E-state index contributed by atoms with van der Waals surface area (Å²) >= 11 is 0. The van der Waals surface area contributed by atoms with Gasteiger partial charge in [-0.05, 0) is 19.1 Å². The average Bonchev–Trinajstić information content (AvgIpc) is 2.26. The summed E-state index contributed by atoms with van der Waals surface area (Å²) < 4.78 is 0. The van der Waals surface area contributed by atoms with Gasteiger partial charge in [-0.3, -0.25) is 9.69 Å². The Morgan fingerprint density at radius 2 is 2.07 bits per heavy atom. The number of amides is 1. The second-order valence-electron chi connectivity index (χ2n) is 3.17. The van der Waals surface area contributed by atoms with Crippen LogP contribution in [0.5, 0.6) is 0 Å². The van der Waals surface area contributed by atoms with Gasteiger partial charge in [0.1, 0.15) is 6.54 Å². The highest BCUT2D eigenvalue weighted by atomic mass is 16.2. The Kier molecular flexibility index (Phi) is 3.64. The zero-order chi connectivity index (χ0) is 11.3. The third kappa shape index (κ3) is 2.68. The van der Waals surface area contributed by atoms with Crippen LogP contribution in [0.4, 0.5) is 5.69 Å². The van der Waals surface area contributed by atoms with Crippen LogP contribution in [0.3, 0.4) is 0 Å². The molecule has 0 spiro atoms. The number of carbonyl (C=O) groups is 1. The van der Waals surface area contributed by atoms with Gasteiger partial charge in [-0.1, -0.05) is 24.8 Å². The Labute approximate surface area is 89.2 Å². The van der Waals surface area contributed by atoms with Crippen molar-refractivity contribution in [2.45, 2.75) is 6.92 Å². The van der Waals surface area contributed by atoms with Crippen molar-refractivity contribution in [1.29, 1.82) is 5.26 Å². The minimum Gasteiger partial charge on any atom is -0.295 e. The van der Waals surface area contributed by atoms with Gasteiger partial charge in [-0.15, -0.1) is 0 Å². The van der Waals surface area contributed by atoms with E-state index in [2.05, 4.69) is 6.58 Å². The van der Waals surface area contributed by atoms with Crippen molar-refractivity contribution < 1.29 is 4.79 Å². The van der Waals surface area contributed by atoms with Crippen LogP contribution in [0.1, 0.15) is 6.92 Å². The summed E-state index contributed by atoms with van der Waals surface area (Å²) in [5.41, 5.74) is 1.14. The third-order valence-electron chi connectivity index (χ3n) is 1.91. The molecule has 0 heterocycles. The van der Waals surface area contributed by atoms with Crippen LogP contribution >= 0.6 is 0 Å². The van der Waals surface area contributed by atoms with Gasteiger partial charge in [0.2, 0.25) is 0 Å². The van der Waals surface area contributed by atoms with Crippen molar-refractivity contribution in [3.63, 3.8) is 0 Å². The Balaban J connectivity index is 2.99. The Hall–Kier alpha value is -2.08. The van der Waals surface area contributed by atoms with Crippen LogP contribution in [0.15, 0.2) is 42.5 Å². The van der Waals surface area contributed by atoms with Gasteiger partial charge in [0, 0.05) is 11.3 Å². The summed E-state index contributed by atoms with van der Waals surface area (Å²) in [5.74, 6) is -0.220. The Morgan fingerprint density at radius 1 is 1.47 bits per heavy atom. The summed E-state index contributed by atoms with van der Waals surface area (Å²) in [6.45, 7) is 5.26. The fraction of sp³-hybridized carbons (Fsp3) is 0.167. The fourth-order valence-corrected chi connectivity index (χ4v) is 1.19. The normalized spacial score (nSPS) is 9.07. The van der Waals surface area contributed by atoms with Crippen LogP contribution in [0, 0.1) is 11.3 Å². The summed E-state index contributed by atoms with van der Waals surface area (Å²) in [6, 6.07) is 11.1. The molecule has 1 amide bonds. The molecule has 3 nitrogen and oxygen atoms in total. The molecule has 0 fully saturated rings. The van der Waals surface area contributed by atoms with Gasteiger partial charge in [-0.2, -0.15) is 5.26 Å². The van der Waals surface area contributed by atoms with Crippen LogP contribution in [-0.2, 0) is 4.79 Å². The second-order valence-corrected chi connectivity index (χ2v) is 3.17. The van der Waals surface area contributed by atoms with E-state index in [0.717, 1.165) is 0 Å². The molecule has 76 valence electrons. The standard InChI is InChI=1S/C12H12N2O/c1-10(2)12(15)14(9-8-13)11-6-4-3-5-7-11/h3-7H,1,9H2,2H3. The molecule has 0 aliphatic carbocycles. The third-order valence-corrected chi connectivity index (χ3v) is 1.91. The summed E-state index contributed by atoms with van der Waals surface area (Å²) in [5, 5.41) is 8.66. The van der Waals surface area contributed by atoms with Crippen molar-refractivity contribution >= 4 is 11.6 Å². The first kappa shape index (κ1) is 11.0. The molecule has 0 unspecified atom stereocenters. The molecule has 0 aliphatic heterocycles. The maximum absolute atomic E-state index is 11.7. The molecule has 0 radical (unpaired) electrons. The number of rotatable bonds is 3. The number of carbonyl (C=O) groups excluding carboxylic acids is 1. The van der Waals surface area contributed by atoms with Crippen molar-refractivity contribution in [3.05, 3.63) is 42.5 Å².